The van der Waals surface area contributed by atoms with Crippen LogP contribution in [0.1, 0.15) is 38.4 Å². The Morgan fingerprint density at radius 3 is 2.75 bits per heavy atom. The molecular weight excluding hydrogens is 228 g/mol. The molecule has 1 N–H and O–H groups in total. The maximum Gasteiger partial charge on any atom is 0.251 e. The molecule has 0 aromatic carbocycles. The van der Waals surface area contributed by atoms with Crippen molar-refractivity contribution < 1.29 is 4.74 Å². The Labute approximate surface area is 100 Å². The summed E-state index contributed by atoms with van der Waals surface area (Å²) in [6.07, 6.45) is -0.194. The molecule has 1 heterocycles. The summed E-state index contributed by atoms with van der Waals surface area (Å²) in [5.74, 6) is 1.03. The lowest BCUT2D eigenvalue weighted by molar-refractivity contribution is 0.0229. The van der Waals surface area contributed by atoms with Crippen LogP contribution in [0.5, 0.6) is 0 Å². The number of aromatic amines is 1. The van der Waals surface area contributed by atoms with Crippen molar-refractivity contribution in [2.24, 2.45) is 5.92 Å². The van der Waals surface area contributed by atoms with Crippen LogP contribution in [0, 0.1) is 5.92 Å². The molecule has 0 aliphatic heterocycles. The Balaban J connectivity index is 3.08. The molecule has 5 heteroatoms. The van der Waals surface area contributed by atoms with Crippen LogP contribution in [-0.4, -0.2) is 16.6 Å². The first-order chi connectivity index (χ1) is 7.58. The van der Waals surface area contributed by atoms with E-state index in [0.717, 1.165) is 0 Å². The minimum absolute atomic E-state index is 0.189. The summed E-state index contributed by atoms with van der Waals surface area (Å²) in [5, 5.41) is 0. The largest absolute Gasteiger partial charge is 0.370 e. The van der Waals surface area contributed by atoms with E-state index in [4.69, 9.17) is 16.3 Å². The molecular formula is C11H17ClN2O2. The third-order valence-corrected chi connectivity index (χ3v) is 2.44. The van der Waals surface area contributed by atoms with Crippen molar-refractivity contribution in [2.45, 2.75) is 32.8 Å². The fraction of sp³-hybridized carbons (Fsp3) is 0.636. The summed E-state index contributed by atoms with van der Waals surface area (Å²) in [5.41, 5.74) is 0.386. The Bertz CT molecular complexity index is 390. The molecule has 16 heavy (non-hydrogen) atoms. The second kappa shape index (κ2) is 6.01. The van der Waals surface area contributed by atoms with Gasteiger partial charge in [-0.3, -0.25) is 4.79 Å². The van der Waals surface area contributed by atoms with E-state index < -0.39 is 0 Å². The van der Waals surface area contributed by atoms with Gasteiger partial charge in [-0.2, -0.15) is 0 Å². The van der Waals surface area contributed by atoms with Crippen LogP contribution in [-0.2, 0) is 10.6 Å². The maximum atomic E-state index is 11.4. The first kappa shape index (κ1) is 13.2. The lowest BCUT2D eigenvalue weighted by Gasteiger charge is -2.19. The highest BCUT2D eigenvalue weighted by Gasteiger charge is 2.19. The standard InChI is InChI=1S/C11H17ClN2O2/c1-4-16-10(7(2)3)11-13-8(6-12)5-9(15)14-11/h5,7,10H,4,6H2,1-3H3,(H,13,14,15). The van der Waals surface area contributed by atoms with Crippen LogP contribution in [0.4, 0.5) is 0 Å². The molecule has 0 radical (unpaired) electrons. The molecule has 0 saturated carbocycles. The predicted molar refractivity (Wildman–Crippen MR) is 63.6 cm³/mol. The highest BCUT2D eigenvalue weighted by molar-refractivity contribution is 6.16. The molecule has 1 unspecified atom stereocenters. The monoisotopic (exact) mass is 244 g/mol. The van der Waals surface area contributed by atoms with Crippen molar-refractivity contribution >= 4 is 11.6 Å². The van der Waals surface area contributed by atoms with E-state index in [0.29, 0.717) is 18.1 Å². The molecule has 4 nitrogen and oxygen atoms in total. The van der Waals surface area contributed by atoms with Gasteiger partial charge in [-0.1, -0.05) is 13.8 Å². The average molecular weight is 245 g/mol. The highest BCUT2D eigenvalue weighted by atomic mass is 35.5. The third kappa shape index (κ3) is 3.32. The average Bonchev–Trinajstić information content (AvgIpc) is 2.24. The number of rotatable bonds is 5. The maximum absolute atomic E-state index is 11.4. The molecule has 0 aliphatic rings. The van der Waals surface area contributed by atoms with E-state index in [-0.39, 0.29) is 23.5 Å². The fourth-order valence-corrected chi connectivity index (χ4v) is 1.64. The van der Waals surface area contributed by atoms with Gasteiger partial charge in [0.25, 0.3) is 5.56 Å². The van der Waals surface area contributed by atoms with Crippen LogP contribution >= 0.6 is 11.6 Å². The molecule has 0 saturated heterocycles. The Morgan fingerprint density at radius 2 is 2.25 bits per heavy atom. The Morgan fingerprint density at radius 1 is 1.56 bits per heavy atom. The molecule has 1 aromatic rings. The molecule has 0 aliphatic carbocycles. The van der Waals surface area contributed by atoms with Crippen molar-refractivity contribution in [3.8, 4) is 0 Å². The molecule has 0 amide bonds. The van der Waals surface area contributed by atoms with Gasteiger partial charge in [0.05, 0.1) is 11.6 Å². The lowest BCUT2D eigenvalue weighted by atomic mass is 10.1. The van der Waals surface area contributed by atoms with E-state index >= 15 is 0 Å². The van der Waals surface area contributed by atoms with Crippen molar-refractivity contribution in [1.82, 2.24) is 9.97 Å². The van der Waals surface area contributed by atoms with Crippen molar-refractivity contribution in [2.75, 3.05) is 6.61 Å². The summed E-state index contributed by atoms with van der Waals surface area (Å²) in [7, 11) is 0. The van der Waals surface area contributed by atoms with Gasteiger partial charge in [-0.05, 0) is 12.8 Å². The number of halogens is 1. The molecule has 1 atom stereocenters. The summed E-state index contributed by atoms with van der Waals surface area (Å²) in [6.45, 7) is 6.54. The molecule has 0 fully saturated rings. The number of hydrogen-bond acceptors (Lipinski definition) is 3. The number of hydrogen-bond donors (Lipinski definition) is 1. The first-order valence-corrected chi connectivity index (χ1v) is 5.89. The number of ether oxygens (including phenoxy) is 1. The lowest BCUT2D eigenvalue weighted by Crippen LogP contribution is -2.20. The summed E-state index contributed by atoms with van der Waals surface area (Å²) in [6, 6.07) is 1.40. The minimum atomic E-state index is -0.194. The van der Waals surface area contributed by atoms with Gasteiger partial charge in [-0.15, -0.1) is 11.6 Å². The number of nitrogens with zero attached hydrogens (tertiary/aromatic N) is 1. The van der Waals surface area contributed by atoms with E-state index in [2.05, 4.69) is 9.97 Å². The third-order valence-electron chi connectivity index (χ3n) is 2.17. The molecule has 0 spiro atoms. The van der Waals surface area contributed by atoms with Gasteiger partial charge in [0.15, 0.2) is 0 Å². The quantitative estimate of drug-likeness (QED) is 0.809. The highest BCUT2D eigenvalue weighted by Crippen LogP contribution is 2.22. The molecule has 1 rings (SSSR count). The topological polar surface area (TPSA) is 55.0 Å². The van der Waals surface area contributed by atoms with E-state index in [1.807, 2.05) is 20.8 Å². The normalized spacial score (nSPS) is 13.1. The van der Waals surface area contributed by atoms with Crippen LogP contribution in [0.3, 0.4) is 0 Å². The zero-order valence-corrected chi connectivity index (χ0v) is 10.5. The van der Waals surface area contributed by atoms with E-state index in [1.54, 1.807) is 0 Å². The van der Waals surface area contributed by atoms with Crippen LogP contribution in [0.25, 0.3) is 0 Å². The van der Waals surface area contributed by atoms with Crippen molar-refractivity contribution in [3.63, 3.8) is 0 Å². The fourth-order valence-electron chi connectivity index (χ4n) is 1.50. The number of H-pyrrole nitrogens is 1. The van der Waals surface area contributed by atoms with E-state index in [9.17, 15) is 4.79 Å². The first-order valence-electron chi connectivity index (χ1n) is 5.36. The predicted octanol–water partition coefficient (Wildman–Crippen LogP) is 2.24. The molecule has 90 valence electrons. The van der Waals surface area contributed by atoms with Gasteiger partial charge in [0, 0.05) is 12.7 Å². The second-order valence-electron chi connectivity index (χ2n) is 3.88. The van der Waals surface area contributed by atoms with Gasteiger partial charge in [0.1, 0.15) is 11.9 Å². The molecule has 0 bridgehead atoms. The summed E-state index contributed by atoms with van der Waals surface area (Å²) >= 11 is 5.68. The zero-order valence-electron chi connectivity index (χ0n) is 9.79. The van der Waals surface area contributed by atoms with Crippen LogP contribution in [0.2, 0.25) is 0 Å². The SMILES string of the molecule is CCOC(c1nc(CCl)cc(=O)[nH]1)C(C)C. The minimum Gasteiger partial charge on any atom is -0.370 e. The van der Waals surface area contributed by atoms with Crippen LogP contribution in [0.15, 0.2) is 10.9 Å². The van der Waals surface area contributed by atoms with E-state index in [1.165, 1.54) is 6.07 Å². The number of alkyl halides is 1. The summed E-state index contributed by atoms with van der Waals surface area (Å²) < 4.78 is 5.57. The zero-order chi connectivity index (χ0) is 12.1. The molecule has 1 aromatic heterocycles. The number of nitrogens with one attached hydrogen (secondary N) is 1. The van der Waals surface area contributed by atoms with Crippen LogP contribution < -0.4 is 5.56 Å². The van der Waals surface area contributed by atoms with Crippen molar-refractivity contribution in [1.29, 1.82) is 0 Å². The smallest absolute Gasteiger partial charge is 0.251 e. The Kier molecular flexibility index (Phi) is 4.96. The van der Waals surface area contributed by atoms with Gasteiger partial charge < -0.3 is 9.72 Å². The van der Waals surface area contributed by atoms with Crippen molar-refractivity contribution in [3.05, 3.63) is 27.9 Å². The number of aromatic nitrogens is 2. The van der Waals surface area contributed by atoms with Gasteiger partial charge in [-0.25, -0.2) is 4.98 Å². The Hall–Kier alpha value is -0.870. The second-order valence-corrected chi connectivity index (χ2v) is 4.14. The van der Waals surface area contributed by atoms with Gasteiger partial charge >= 0.3 is 0 Å². The summed E-state index contributed by atoms with van der Waals surface area (Å²) in [4.78, 5) is 18.4. The van der Waals surface area contributed by atoms with Gasteiger partial charge in [0.2, 0.25) is 0 Å².